The van der Waals surface area contributed by atoms with Crippen LogP contribution in [0.1, 0.15) is 10.6 Å². The molecule has 1 aromatic carbocycles. The summed E-state index contributed by atoms with van der Waals surface area (Å²) in [5, 5.41) is 1.12. The summed E-state index contributed by atoms with van der Waals surface area (Å²) in [6.07, 6.45) is 0.790. The van der Waals surface area contributed by atoms with Crippen LogP contribution in [0.2, 0.25) is 0 Å². The van der Waals surface area contributed by atoms with Gasteiger partial charge in [0.2, 0.25) is 0 Å². The number of aromatic nitrogens is 1. The third-order valence-corrected chi connectivity index (χ3v) is 2.96. The van der Waals surface area contributed by atoms with Crippen LogP contribution >= 0.6 is 11.3 Å². The van der Waals surface area contributed by atoms with Gasteiger partial charge in [-0.3, -0.25) is 0 Å². The molecule has 12 heavy (non-hydrogen) atoms. The van der Waals surface area contributed by atoms with Crippen molar-refractivity contribution in [2.24, 2.45) is 0 Å². The first-order valence-electron chi connectivity index (χ1n) is 3.95. The van der Waals surface area contributed by atoms with E-state index in [1.807, 2.05) is 0 Å². The predicted octanol–water partition coefficient (Wildman–Crippen LogP) is 2.98. The maximum atomic E-state index is 4.49. The van der Waals surface area contributed by atoms with E-state index in [2.05, 4.69) is 37.0 Å². The lowest BCUT2D eigenvalue weighted by molar-refractivity contribution is 1.21. The van der Waals surface area contributed by atoms with Crippen LogP contribution in [0, 0.1) is 13.8 Å². The van der Waals surface area contributed by atoms with E-state index in [0.717, 1.165) is 16.9 Å². The standard InChI is InChI=1S/C10H10NS/c1-3-9-11-10-7(2)5-4-6-8(10)12-9/h4-6H,1,3H2,2H3. The van der Waals surface area contributed by atoms with Crippen LogP contribution in [0.25, 0.3) is 10.2 Å². The minimum atomic E-state index is 0.790. The van der Waals surface area contributed by atoms with Crippen molar-refractivity contribution >= 4 is 21.6 Å². The Morgan fingerprint density at radius 2 is 2.33 bits per heavy atom. The number of hydrogen-bond donors (Lipinski definition) is 0. The van der Waals surface area contributed by atoms with Gasteiger partial charge < -0.3 is 0 Å². The van der Waals surface area contributed by atoms with Gasteiger partial charge >= 0.3 is 0 Å². The van der Waals surface area contributed by atoms with Gasteiger partial charge in [-0.25, -0.2) is 4.98 Å². The second-order valence-corrected chi connectivity index (χ2v) is 3.89. The fourth-order valence-electron chi connectivity index (χ4n) is 1.24. The van der Waals surface area contributed by atoms with E-state index in [0.29, 0.717) is 0 Å². The van der Waals surface area contributed by atoms with Crippen molar-refractivity contribution in [1.29, 1.82) is 0 Å². The first-order valence-corrected chi connectivity index (χ1v) is 4.77. The highest BCUT2D eigenvalue weighted by atomic mass is 32.1. The summed E-state index contributed by atoms with van der Waals surface area (Å²) in [7, 11) is 0. The van der Waals surface area contributed by atoms with Crippen LogP contribution in [-0.2, 0) is 6.42 Å². The summed E-state index contributed by atoms with van der Waals surface area (Å²) in [4.78, 5) is 4.49. The molecule has 0 N–H and O–H groups in total. The fraction of sp³-hybridized carbons (Fsp3) is 0.200. The average Bonchev–Trinajstić information content (AvgIpc) is 2.49. The molecule has 0 bridgehead atoms. The Hall–Kier alpha value is -0.890. The van der Waals surface area contributed by atoms with Gasteiger partial charge in [-0.2, -0.15) is 0 Å². The lowest BCUT2D eigenvalue weighted by Crippen LogP contribution is -1.77. The Morgan fingerprint density at radius 1 is 1.50 bits per heavy atom. The van der Waals surface area contributed by atoms with Gasteiger partial charge in [0.25, 0.3) is 0 Å². The zero-order valence-corrected chi connectivity index (χ0v) is 7.82. The molecule has 0 fully saturated rings. The third-order valence-electron chi connectivity index (χ3n) is 1.88. The molecule has 2 aromatic rings. The minimum Gasteiger partial charge on any atom is -0.241 e. The van der Waals surface area contributed by atoms with Gasteiger partial charge in [0.1, 0.15) is 0 Å². The van der Waals surface area contributed by atoms with Crippen molar-refractivity contribution in [3.63, 3.8) is 0 Å². The molecule has 0 spiro atoms. The lowest BCUT2D eigenvalue weighted by Gasteiger charge is -1.90. The predicted molar refractivity (Wildman–Crippen MR) is 53.4 cm³/mol. The van der Waals surface area contributed by atoms with Gasteiger partial charge in [-0.15, -0.1) is 11.3 Å². The van der Waals surface area contributed by atoms with E-state index in [9.17, 15) is 0 Å². The van der Waals surface area contributed by atoms with E-state index in [1.165, 1.54) is 10.3 Å². The van der Waals surface area contributed by atoms with Crippen LogP contribution in [-0.4, -0.2) is 4.98 Å². The Balaban J connectivity index is 2.74. The number of aryl methyl sites for hydroxylation is 1. The maximum Gasteiger partial charge on any atom is 0.0938 e. The first kappa shape index (κ1) is 7.74. The van der Waals surface area contributed by atoms with E-state index in [-0.39, 0.29) is 0 Å². The van der Waals surface area contributed by atoms with Crippen LogP contribution in [0.4, 0.5) is 0 Å². The van der Waals surface area contributed by atoms with Gasteiger partial charge in [0, 0.05) is 0 Å². The van der Waals surface area contributed by atoms with E-state index >= 15 is 0 Å². The molecule has 2 heteroatoms. The molecular formula is C10H10NS. The molecule has 61 valence electrons. The fourth-order valence-corrected chi connectivity index (χ4v) is 2.18. The Labute approximate surface area is 76.1 Å². The number of thiazole rings is 1. The van der Waals surface area contributed by atoms with Crippen LogP contribution < -0.4 is 0 Å². The molecule has 1 radical (unpaired) electrons. The zero-order valence-electron chi connectivity index (χ0n) is 7.00. The minimum absolute atomic E-state index is 0.790. The van der Waals surface area contributed by atoms with Crippen molar-refractivity contribution in [2.75, 3.05) is 0 Å². The number of rotatable bonds is 1. The van der Waals surface area contributed by atoms with Crippen LogP contribution in [0.15, 0.2) is 18.2 Å². The SMILES string of the molecule is [CH2]Cc1nc2c(C)cccc2s1. The maximum absolute atomic E-state index is 4.49. The molecule has 0 saturated carbocycles. The van der Waals surface area contributed by atoms with Crippen molar-refractivity contribution in [3.8, 4) is 0 Å². The normalized spacial score (nSPS) is 10.8. The summed E-state index contributed by atoms with van der Waals surface area (Å²) in [5.74, 6) is 0. The molecule has 0 amide bonds. The summed E-state index contributed by atoms with van der Waals surface area (Å²) in [6, 6.07) is 6.27. The zero-order chi connectivity index (χ0) is 8.55. The highest BCUT2D eigenvalue weighted by Gasteiger charge is 2.02. The Bertz CT molecular complexity index is 403. The third kappa shape index (κ3) is 1.12. The van der Waals surface area contributed by atoms with Crippen LogP contribution in [0.5, 0.6) is 0 Å². The first-order chi connectivity index (χ1) is 5.81. The highest BCUT2D eigenvalue weighted by molar-refractivity contribution is 7.18. The Morgan fingerprint density at radius 3 is 3.00 bits per heavy atom. The van der Waals surface area contributed by atoms with E-state index in [1.54, 1.807) is 11.3 Å². The smallest absolute Gasteiger partial charge is 0.0938 e. The van der Waals surface area contributed by atoms with Gasteiger partial charge in [0.15, 0.2) is 0 Å². The molecule has 0 unspecified atom stereocenters. The van der Waals surface area contributed by atoms with Crippen molar-refractivity contribution < 1.29 is 0 Å². The summed E-state index contributed by atoms with van der Waals surface area (Å²) < 4.78 is 1.27. The molecule has 2 rings (SSSR count). The molecule has 0 saturated heterocycles. The number of hydrogen-bond acceptors (Lipinski definition) is 2. The molecule has 0 aliphatic heterocycles. The Kier molecular flexibility index (Phi) is 1.85. The molecule has 0 atom stereocenters. The van der Waals surface area contributed by atoms with Crippen molar-refractivity contribution in [1.82, 2.24) is 4.98 Å². The molecule has 1 heterocycles. The number of benzene rings is 1. The average molecular weight is 176 g/mol. The summed E-state index contributed by atoms with van der Waals surface area (Å²) in [6.45, 7) is 5.92. The number of para-hydroxylation sites is 1. The largest absolute Gasteiger partial charge is 0.241 e. The highest BCUT2D eigenvalue weighted by Crippen LogP contribution is 2.24. The van der Waals surface area contributed by atoms with Crippen molar-refractivity contribution in [3.05, 3.63) is 35.7 Å². The number of fused-ring (bicyclic) bond motifs is 1. The second kappa shape index (κ2) is 2.87. The van der Waals surface area contributed by atoms with Crippen molar-refractivity contribution in [2.45, 2.75) is 13.3 Å². The molecule has 0 aliphatic rings. The van der Waals surface area contributed by atoms with E-state index in [4.69, 9.17) is 0 Å². The van der Waals surface area contributed by atoms with E-state index < -0.39 is 0 Å². The molecule has 1 aromatic heterocycles. The molecule has 1 nitrogen and oxygen atoms in total. The molecular weight excluding hydrogens is 166 g/mol. The van der Waals surface area contributed by atoms with Gasteiger partial charge in [0.05, 0.1) is 15.2 Å². The van der Waals surface area contributed by atoms with Gasteiger partial charge in [-0.05, 0) is 31.9 Å². The summed E-state index contributed by atoms with van der Waals surface area (Å²) in [5.41, 5.74) is 2.39. The van der Waals surface area contributed by atoms with Crippen LogP contribution in [0.3, 0.4) is 0 Å². The quantitative estimate of drug-likeness (QED) is 0.651. The monoisotopic (exact) mass is 176 g/mol. The second-order valence-electron chi connectivity index (χ2n) is 2.78. The summed E-state index contributed by atoms with van der Waals surface area (Å²) >= 11 is 1.74. The number of nitrogens with zero attached hydrogens (tertiary/aromatic N) is 1. The lowest BCUT2D eigenvalue weighted by atomic mass is 10.2. The molecule has 0 aliphatic carbocycles. The van der Waals surface area contributed by atoms with Gasteiger partial charge in [-0.1, -0.05) is 12.1 Å². The topological polar surface area (TPSA) is 12.9 Å².